The van der Waals surface area contributed by atoms with Gasteiger partial charge in [-0.3, -0.25) is 0 Å². The van der Waals surface area contributed by atoms with Crippen molar-refractivity contribution < 1.29 is 9.13 Å². The van der Waals surface area contributed by atoms with Gasteiger partial charge in [0.15, 0.2) is 0 Å². The second-order valence-electron chi connectivity index (χ2n) is 4.92. The summed E-state index contributed by atoms with van der Waals surface area (Å²) in [5.41, 5.74) is 0.699. The van der Waals surface area contributed by atoms with Crippen LogP contribution in [0.1, 0.15) is 58.6 Å². The fourth-order valence-corrected chi connectivity index (χ4v) is 2.05. The molecule has 0 aliphatic carbocycles. The third-order valence-corrected chi connectivity index (χ3v) is 3.35. The lowest BCUT2D eigenvalue weighted by Gasteiger charge is -2.18. The minimum Gasteiger partial charge on any atom is -0.490 e. The Morgan fingerprint density at radius 1 is 1.21 bits per heavy atom. The number of halogens is 1. The van der Waals surface area contributed by atoms with Crippen molar-refractivity contribution in [3.63, 3.8) is 0 Å². The molecule has 0 bridgehead atoms. The zero-order valence-electron chi connectivity index (χ0n) is 12.5. The maximum Gasteiger partial charge on any atom is 0.131 e. The summed E-state index contributed by atoms with van der Waals surface area (Å²) < 4.78 is 19.8. The average Bonchev–Trinajstić information content (AvgIpc) is 2.42. The van der Waals surface area contributed by atoms with E-state index < -0.39 is 0 Å². The standard InChI is InChI=1S/C16H26FNO/c1-5-10-18-12(4)15-9-8-14(11-16(15)17)19-13(6-2)7-3/h8-9,11-13,18H,5-7,10H2,1-4H3. The van der Waals surface area contributed by atoms with Gasteiger partial charge in [0.05, 0.1) is 6.10 Å². The quantitative estimate of drug-likeness (QED) is 0.751. The Bertz CT molecular complexity index is 377. The number of rotatable bonds is 8. The van der Waals surface area contributed by atoms with E-state index in [0.717, 1.165) is 25.8 Å². The van der Waals surface area contributed by atoms with Gasteiger partial charge < -0.3 is 10.1 Å². The summed E-state index contributed by atoms with van der Waals surface area (Å²) in [6.45, 7) is 9.13. The van der Waals surface area contributed by atoms with Gasteiger partial charge in [-0.1, -0.05) is 26.8 Å². The zero-order chi connectivity index (χ0) is 14.3. The molecule has 0 spiro atoms. The van der Waals surface area contributed by atoms with Crippen LogP contribution in [0.2, 0.25) is 0 Å². The monoisotopic (exact) mass is 267 g/mol. The van der Waals surface area contributed by atoms with Gasteiger partial charge in [-0.05, 0) is 38.8 Å². The van der Waals surface area contributed by atoms with Crippen LogP contribution in [0.4, 0.5) is 4.39 Å². The maximum absolute atomic E-state index is 14.1. The number of ether oxygens (including phenoxy) is 1. The third-order valence-electron chi connectivity index (χ3n) is 3.35. The van der Waals surface area contributed by atoms with Gasteiger partial charge in [0.25, 0.3) is 0 Å². The van der Waals surface area contributed by atoms with Crippen molar-refractivity contribution >= 4 is 0 Å². The Hall–Kier alpha value is -1.09. The van der Waals surface area contributed by atoms with Crippen molar-refractivity contribution in [3.8, 4) is 5.75 Å². The van der Waals surface area contributed by atoms with Crippen LogP contribution < -0.4 is 10.1 Å². The normalized spacial score (nSPS) is 12.7. The smallest absolute Gasteiger partial charge is 0.131 e. The van der Waals surface area contributed by atoms with Gasteiger partial charge in [-0.15, -0.1) is 0 Å². The molecule has 0 aromatic heterocycles. The number of nitrogens with one attached hydrogen (secondary N) is 1. The van der Waals surface area contributed by atoms with Crippen LogP contribution in [-0.2, 0) is 0 Å². The predicted octanol–water partition coefficient (Wildman–Crippen LogP) is 4.45. The molecule has 0 fully saturated rings. The second-order valence-corrected chi connectivity index (χ2v) is 4.92. The van der Waals surface area contributed by atoms with Crippen LogP contribution in [0.25, 0.3) is 0 Å². The molecule has 1 N–H and O–H groups in total. The molecule has 0 amide bonds. The Morgan fingerprint density at radius 3 is 2.42 bits per heavy atom. The first kappa shape index (κ1) is 16.0. The fourth-order valence-electron chi connectivity index (χ4n) is 2.05. The lowest BCUT2D eigenvalue weighted by molar-refractivity contribution is 0.192. The van der Waals surface area contributed by atoms with Crippen LogP contribution >= 0.6 is 0 Å². The van der Waals surface area contributed by atoms with Crippen molar-refractivity contribution in [2.24, 2.45) is 0 Å². The highest BCUT2D eigenvalue weighted by molar-refractivity contribution is 5.30. The van der Waals surface area contributed by atoms with Crippen molar-refractivity contribution in [2.45, 2.75) is 59.1 Å². The SMILES string of the molecule is CCCNC(C)c1ccc(OC(CC)CC)cc1F. The van der Waals surface area contributed by atoms with E-state index >= 15 is 0 Å². The van der Waals surface area contributed by atoms with Crippen LogP contribution in [0.15, 0.2) is 18.2 Å². The Morgan fingerprint density at radius 2 is 1.89 bits per heavy atom. The van der Waals surface area contributed by atoms with E-state index in [1.165, 1.54) is 6.07 Å². The molecular formula is C16H26FNO. The van der Waals surface area contributed by atoms with Crippen LogP contribution in [0.3, 0.4) is 0 Å². The molecule has 0 aliphatic rings. The van der Waals surface area contributed by atoms with Gasteiger partial charge in [0, 0.05) is 17.7 Å². The van der Waals surface area contributed by atoms with Gasteiger partial charge in [-0.2, -0.15) is 0 Å². The van der Waals surface area contributed by atoms with E-state index in [4.69, 9.17) is 4.74 Å². The van der Waals surface area contributed by atoms with Gasteiger partial charge >= 0.3 is 0 Å². The Balaban J connectivity index is 2.73. The summed E-state index contributed by atoms with van der Waals surface area (Å²) in [7, 11) is 0. The highest BCUT2D eigenvalue weighted by Gasteiger charge is 2.12. The first-order chi connectivity index (χ1) is 9.12. The van der Waals surface area contributed by atoms with Gasteiger partial charge in [0.2, 0.25) is 0 Å². The van der Waals surface area contributed by atoms with Gasteiger partial charge in [-0.25, -0.2) is 4.39 Å². The third kappa shape index (κ3) is 4.83. The summed E-state index contributed by atoms with van der Waals surface area (Å²) in [6.07, 6.45) is 3.09. The summed E-state index contributed by atoms with van der Waals surface area (Å²) in [4.78, 5) is 0. The van der Waals surface area contributed by atoms with E-state index in [1.807, 2.05) is 19.1 Å². The van der Waals surface area contributed by atoms with Gasteiger partial charge in [0.1, 0.15) is 11.6 Å². The van der Waals surface area contributed by atoms with E-state index in [0.29, 0.717) is 11.3 Å². The molecule has 19 heavy (non-hydrogen) atoms. The fraction of sp³-hybridized carbons (Fsp3) is 0.625. The lowest BCUT2D eigenvalue weighted by Crippen LogP contribution is -2.20. The maximum atomic E-state index is 14.1. The summed E-state index contributed by atoms with van der Waals surface area (Å²) in [6, 6.07) is 5.21. The van der Waals surface area contributed by atoms with E-state index in [2.05, 4.69) is 26.1 Å². The van der Waals surface area contributed by atoms with Crippen molar-refractivity contribution in [1.29, 1.82) is 0 Å². The molecule has 0 saturated heterocycles. The van der Waals surface area contributed by atoms with Crippen molar-refractivity contribution in [1.82, 2.24) is 5.32 Å². The molecule has 1 rings (SSSR count). The molecule has 1 atom stereocenters. The minimum absolute atomic E-state index is 0.0298. The summed E-state index contributed by atoms with van der Waals surface area (Å²) in [5, 5.41) is 3.29. The molecule has 1 unspecified atom stereocenters. The minimum atomic E-state index is -0.195. The molecule has 0 aliphatic heterocycles. The van der Waals surface area contributed by atoms with Crippen LogP contribution in [0, 0.1) is 5.82 Å². The van der Waals surface area contributed by atoms with E-state index in [9.17, 15) is 4.39 Å². The summed E-state index contributed by atoms with van der Waals surface area (Å²) in [5.74, 6) is 0.428. The zero-order valence-corrected chi connectivity index (χ0v) is 12.5. The summed E-state index contributed by atoms with van der Waals surface area (Å²) >= 11 is 0. The van der Waals surface area contributed by atoms with E-state index in [1.54, 1.807) is 0 Å². The van der Waals surface area contributed by atoms with Crippen molar-refractivity contribution in [2.75, 3.05) is 6.54 Å². The molecule has 3 heteroatoms. The molecule has 2 nitrogen and oxygen atoms in total. The molecule has 0 saturated carbocycles. The average molecular weight is 267 g/mol. The number of benzene rings is 1. The topological polar surface area (TPSA) is 21.3 Å². The van der Waals surface area contributed by atoms with Crippen molar-refractivity contribution in [3.05, 3.63) is 29.6 Å². The molecular weight excluding hydrogens is 241 g/mol. The van der Waals surface area contributed by atoms with E-state index in [-0.39, 0.29) is 18.0 Å². The highest BCUT2D eigenvalue weighted by Crippen LogP contribution is 2.23. The second kappa shape index (κ2) is 8.16. The molecule has 1 aromatic carbocycles. The molecule has 1 aromatic rings. The highest BCUT2D eigenvalue weighted by atomic mass is 19.1. The van der Waals surface area contributed by atoms with Crippen LogP contribution in [-0.4, -0.2) is 12.6 Å². The molecule has 108 valence electrons. The molecule has 0 heterocycles. The molecule has 0 radical (unpaired) electrons. The Kier molecular flexibility index (Phi) is 6.85. The lowest BCUT2D eigenvalue weighted by atomic mass is 10.1. The van der Waals surface area contributed by atoms with Crippen LogP contribution in [0.5, 0.6) is 5.75 Å². The largest absolute Gasteiger partial charge is 0.490 e. The number of hydrogen-bond donors (Lipinski definition) is 1. The first-order valence-corrected chi connectivity index (χ1v) is 7.31. The number of hydrogen-bond acceptors (Lipinski definition) is 2. The predicted molar refractivity (Wildman–Crippen MR) is 78.1 cm³/mol. The first-order valence-electron chi connectivity index (χ1n) is 7.31. The Labute approximate surface area is 116 Å².